The van der Waals surface area contributed by atoms with E-state index in [2.05, 4.69) is 0 Å². The van der Waals surface area contributed by atoms with Crippen LogP contribution in [0.4, 0.5) is 0 Å². The molecule has 0 fully saturated rings. The van der Waals surface area contributed by atoms with Crippen molar-refractivity contribution in [2.24, 2.45) is 0 Å². The maximum Gasteiger partial charge on any atom is 0.128 e. The number of fused-ring (bicyclic) bond motifs is 1. The molecule has 0 aromatic heterocycles. The highest BCUT2D eigenvalue weighted by molar-refractivity contribution is 7.84. The van der Waals surface area contributed by atoms with Gasteiger partial charge in [0.1, 0.15) is 5.84 Å². The van der Waals surface area contributed by atoms with Crippen LogP contribution in [0.2, 0.25) is 0 Å². The van der Waals surface area contributed by atoms with Gasteiger partial charge in [0.25, 0.3) is 0 Å². The van der Waals surface area contributed by atoms with Crippen LogP contribution < -0.4 is 0 Å². The first-order valence-corrected chi connectivity index (χ1v) is 6.63. The van der Waals surface area contributed by atoms with Gasteiger partial charge in [-0.3, -0.25) is 9.62 Å². The summed E-state index contributed by atoms with van der Waals surface area (Å²) in [6.45, 7) is 1.49. The molecule has 4 heteroatoms. The Balaban J connectivity index is 2.10. The van der Waals surface area contributed by atoms with Crippen molar-refractivity contribution in [3.63, 3.8) is 0 Å². The summed E-state index contributed by atoms with van der Waals surface area (Å²) in [6, 6.07) is 7.97. The van der Waals surface area contributed by atoms with Crippen LogP contribution in [0.1, 0.15) is 11.1 Å². The molecule has 0 spiro atoms. The van der Waals surface area contributed by atoms with Gasteiger partial charge in [0.15, 0.2) is 0 Å². The number of nitrogens with zero attached hydrogens (tertiary/aromatic N) is 1. The SMILES string of the molecule is CS(=O)CCN1Cc2ccccc2C1=N. The fourth-order valence-corrected chi connectivity index (χ4v) is 2.25. The van der Waals surface area contributed by atoms with Crippen LogP contribution in [0.5, 0.6) is 0 Å². The maximum atomic E-state index is 11.0. The Bertz CT molecular complexity index is 417. The molecule has 80 valence electrons. The summed E-state index contributed by atoms with van der Waals surface area (Å²) in [6.07, 6.45) is 1.70. The van der Waals surface area contributed by atoms with Gasteiger partial charge < -0.3 is 4.90 Å². The highest BCUT2D eigenvalue weighted by Gasteiger charge is 2.22. The first-order chi connectivity index (χ1) is 7.18. The third-order valence-corrected chi connectivity index (χ3v) is 3.36. The van der Waals surface area contributed by atoms with Crippen molar-refractivity contribution in [1.82, 2.24) is 4.90 Å². The lowest BCUT2D eigenvalue weighted by molar-refractivity contribution is 0.454. The van der Waals surface area contributed by atoms with E-state index in [1.165, 1.54) is 5.56 Å². The summed E-state index contributed by atoms with van der Waals surface area (Å²) >= 11 is 0. The fourth-order valence-electron chi connectivity index (χ4n) is 1.77. The molecule has 2 rings (SSSR count). The lowest BCUT2D eigenvalue weighted by atomic mass is 10.1. The number of hydrogen-bond donors (Lipinski definition) is 1. The molecule has 1 atom stereocenters. The molecule has 1 aliphatic heterocycles. The minimum absolute atomic E-state index is 0.566. The van der Waals surface area contributed by atoms with Gasteiger partial charge in [-0.1, -0.05) is 24.3 Å². The van der Waals surface area contributed by atoms with Crippen molar-refractivity contribution in [3.05, 3.63) is 35.4 Å². The van der Waals surface area contributed by atoms with Gasteiger partial charge in [-0.2, -0.15) is 0 Å². The summed E-state index contributed by atoms with van der Waals surface area (Å²) < 4.78 is 11.0. The van der Waals surface area contributed by atoms with Gasteiger partial charge in [-0.25, -0.2) is 0 Å². The molecule has 15 heavy (non-hydrogen) atoms. The second kappa shape index (κ2) is 4.14. The zero-order valence-electron chi connectivity index (χ0n) is 8.69. The van der Waals surface area contributed by atoms with Gasteiger partial charge in [0.05, 0.1) is 0 Å². The lowest BCUT2D eigenvalue weighted by Gasteiger charge is -2.16. The van der Waals surface area contributed by atoms with E-state index >= 15 is 0 Å². The molecule has 1 N–H and O–H groups in total. The lowest BCUT2D eigenvalue weighted by Crippen LogP contribution is -2.28. The van der Waals surface area contributed by atoms with E-state index in [0.29, 0.717) is 18.1 Å². The molecule has 1 aromatic rings. The second-order valence-corrected chi connectivity index (χ2v) is 5.26. The molecule has 0 bridgehead atoms. The molecule has 1 unspecified atom stereocenters. The Morgan fingerprint density at radius 1 is 1.47 bits per heavy atom. The first kappa shape index (κ1) is 10.4. The van der Waals surface area contributed by atoms with Gasteiger partial charge in [-0.15, -0.1) is 0 Å². The summed E-state index contributed by atoms with van der Waals surface area (Å²) in [4.78, 5) is 1.98. The smallest absolute Gasteiger partial charge is 0.128 e. The van der Waals surface area contributed by atoms with Crippen molar-refractivity contribution < 1.29 is 4.21 Å². The number of hydrogen-bond acceptors (Lipinski definition) is 2. The van der Waals surface area contributed by atoms with Crippen LogP contribution >= 0.6 is 0 Å². The minimum atomic E-state index is -0.780. The highest BCUT2D eigenvalue weighted by Crippen LogP contribution is 2.21. The van der Waals surface area contributed by atoms with Crippen molar-refractivity contribution in [2.75, 3.05) is 18.6 Å². The van der Waals surface area contributed by atoms with E-state index < -0.39 is 10.8 Å². The third kappa shape index (κ3) is 2.09. The van der Waals surface area contributed by atoms with Gasteiger partial charge in [-0.05, 0) is 5.56 Å². The van der Waals surface area contributed by atoms with E-state index in [-0.39, 0.29) is 0 Å². The monoisotopic (exact) mass is 222 g/mol. The van der Waals surface area contributed by atoms with Crippen LogP contribution in [-0.2, 0) is 17.3 Å². The zero-order valence-corrected chi connectivity index (χ0v) is 9.51. The van der Waals surface area contributed by atoms with Crippen molar-refractivity contribution in [3.8, 4) is 0 Å². The largest absolute Gasteiger partial charge is 0.351 e. The van der Waals surface area contributed by atoms with Gasteiger partial charge >= 0.3 is 0 Å². The standard InChI is InChI=1S/C11H14N2OS/c1-15(14)7-6-13-8-9-4-2-3-5-10(9)11(13)12/h2-5,12H,6-8H2,1H3. The van der Waals surface area contributed by atoms with Crippen molar-refractivity contribution in [1.29, 1.82) is 5.41 Å². The summed E-state index contributed by atoms with van der Waals surface area (Å²) in [5, 5.41) is 7.96. The van der Waals surface area contributed by atoms with Gasteiger partial charge in [0.2, 0.25) is 0 Å². The van der Waals surface area contributed by atoms with Crippen LogP contribution in [0.3, 0.4) is 0 Å². The first-order valence-electron chi connectivity index (χ1n) is 4.90. The van der Waals surface area contributed by atoms with E-state index in [1.807, 2.05) is 29.2 Å². The Morgan fingerprint density at radius 3 is 2.87 bits per heavy atom. The molecule has 0 radical (unpaired) electrons. The molecule has 3 nitrogen and oxygen atoms in total. The number of benzene rings is 1. The average Bonchev–Trinajstić information content (AvgIpc) is 2.54. The van der Waals surface area contributed by atoms with Crippen LogP contribution in [0, 0.1) is 5.41 Å². The van der Waals surface area contributed by atoms with E-state index in [4.69, 9.17) is 5.41 Å². The molecule has 0 saturated heterocycles. The van der Waals surface area contributed by atoms with Crippen molar-refractivity contribution >= 4 is 16.6 Å². The topological polar surface area (TPSA) is 44.2 Å². The van der Waals surface area contributed by atoms with E-state index in [1.54, 1.807) is 6.26 Å². The molecule has 1 aliphatic rings. The van der Waals surface area contributed by atoms with Crippen molar-refractivity contribution in [2.45, 2.75) is 6.54 Å². The second-order valence-electron chi connectivity index (χ2n) is 3.70. The van der Waals surface area contributed by atoms with Crippen LogP contribution in [-0.4, -0.2) is 33.5 Å². The Morgan fingerprint density at radius 2 is 2.20 bits per heavy atom. The molecular weight excluding hydrogens is 208 g/mol. The maximum absolute atomic E-state index is 11.0. The molecule has 0 aliphatic carbocycles. The van der Waals surface area contributed by atoms with E-state index in [9.17, 15) is 4.21 Å². The highest BCUT2D eigenvalue weighted by atomic mass is 32.2. The number of nitrogens with one attached hydrogen (secondary N) is 1. The normalized spacial score (nSPS) is 16.6. The molecule has 0 amide bonds. The van der Waals surface area contributed by atoms with Crippen LogP contribution in [0.15, 0.2) is 24.3 Å². The quantitative estimate of drug-likeness (QED) is 0.835. The van der Waals surface area contributed by atoms with E-state index in [0.717, 1.165) is 12.1 Å². The molecule has 0 saturated carbocycles. The van der Waals surface area contributed by atoms with Gasteiger partial charge in [0, 0.05) is 41.5 Å². The average molecular weight is 222 g/mol. The predicted octanol–water partition coefficient (Wildman–Crippen LogP) is 1.21. The third-order valence-electron chi connectivity index (χ3n) is 2.60. The Labute approximate surface area is 92.1 Å². The summed E-state index contributed by atoms with van der Waals surface area (Å²) in [7, 11) is -0.780. The van der Waals surface area contributed by atoms with Crippen LogP contribution in [0.25, 0.3) is 0 Å². The Kier molecular flexibility index (Phi) is 2.86. The predicted molar refractivity (Wildman–Crippen MR) is 62.6 cm³/mol. The minimum Gasteiger partial charge on any atom is -0.351 e. The summed E-state index contributed by atoms with van der Waals surface area (Å²) in [5.74, 6) is 1.20. The zero-order chi connectivity index (χ0) is 10.8. The Hall–Kier alpha value is -1.16. The fraction of sp³-hybridized carbons (Fsp3) is 0.364. The molecule has 1 aromatic carbocycles. The molecule has 1 heterocycles. The molecular formula is C11H14N2OS. The summed E-state index contributed by atoms with van der Waals surface area (Å²) in [5.41, 5.74) is 2.21. The number of rotatable bonds is 3. The number of amidine groups is 1.